The Morgan fingerprint density at radius 3 is 2.78 bits per heavy atom. The van der Waals surface area contributed by atoms with Crippen LogP contribution in [-0.2, 0) is 0 Å². The van der Waals surface area contributed by atoms with Crippen LogP contribution in [0.1, 0.15) is 25.8 Å². The van der Waals surface area contributed by atoms with Gasteiger partial charge in [-0.15, -0.1) is 22.7 Å². The van der Waals surface area contributed by atoms with Gasteiger partial charge in [-0.1, -0.05) is 18.2 Å². The molecule has 4 rings (SSSR count). The maximum atomic E-state index is 5.71. The van der Waals surface area contributed by atoms with Crippen molar-refractivity contribution >= 4 is 28.4 Å². The molecule has 0 N–H and O–H groups in total. The van der Waals surface area contributed by atoms with Crippen LogP contribution in [-0.4, -0.2) is 11.2 Å². The van der Waals surface area contributed by atoms with E-state index in [-0.39, 0.29) is 0 Å². The molecule has 0 spiro atoms. The van der Waals surface area contributed by atoms with Gasteiger partial charge in [-0.25, -0.2) is 4.99 Å². The van der Waals surface area contributed by atoms with Crippen molar-refractivity contribution in [2.24, 2.45) is 4.99 Å². The Bertz CT molecular complexity index is 857. The van der Waals surface area contributed by atoms with Crippen LogP contribution in [0.3, 0.4) is 0 Å². The van der Waals surface area contributed by atoms with Gasteiger partial charge in [-0.2, -0.15) is 0 Å². The first kappa shape index (κ1) is 14.7. The molecule has 3 aromatic rings. The summed E-state index contributed by atoms with van der Waals surface area (Å²) in [7, 11) is 0. The Kier molecular flexibility index (Phi) is 4.06. The standard InChI is InChI=1S/C18H18N2OS2/c1-2-21-16-7-4-3-6-14(16)19-18-20(13-9-10-13)15(12-23-18)17-8-5-11-22-17/h3-8,11-13H,2,9-10H2,1H3. The second kappa shape index (κ2) is 6.34. The van der Waals surface area contributed by atoms with E-state index < -0.39 is 0 Å². The molecule has 0 unspecified atom stereocenters. The third kappa shape index (κ3) is 2.99. The predicted molar refractivity (Wildman–Crippen MR) is 96.7 cm³/mol. The van der Waals surface area contributed by atoms with Crippen molar-refractivity contribution in [2.75, 3.05) is 6.61 Å². The van der Waals surface area contributed by atoms with E-state index in [1.807, 2.05) is 31.2 Å². The molecule has 1 aliphatic carbocycles. The first-order valence-corrected chi connectivity index (χ1v) is 9.63. The third-order valence-corrected chi connectivity index (χ3v) is 5.54. The summed E-state index contributed by atoms with van der Waals surface area (Å²) >= 11 is 3.50. The number of rotatable bonds is 5. The molecule has 2 aromatic heterocycles. The monoisotopic (exact) mass is 342 g/mol. The third-order valence-electron chi connectivity index (χ3n) is 3.81. The largest absolute Gasteiger partial charge is 0.492 e. The molecular formula is C18H18N2OS2. The number of hydrogen-bond donors (Lipinski definition) is 0. The van der Waals surface area contributed by atoms with Gasteiger partial charge in [0.05, 0.1) is 17.2 Å². The lowest BCUT2D eigenvalue weighted by molar-refractivity contribution is 0.341. The van der Waals surface area contributed by atoms with Gasteiger partial charge in [0.15, 0.2) is 4.80 Å². The van der Waals surface area contributed by atoms with Crippen molar-refractivity contribution in [3.05, 3.63) is 52.0 Å². The maximum Gasteiger partial charge on any atom is 0.190 e. The lowest BCUT2D eigenvalue weighted by atomic mass is 10.3. The van der Waals surface area contributed by atoms with Crippen LogP contribution in [0.25, 0.3) is 10.6 Å². The minimum Gasteiger partial charge on any atom is -0.492 e. The molecule has 0 saturated heterocycles. The van der Waals surface area contributed by atoms with E-state index in [9.17, 15) is 0 Å². The van der Waals surface area contributed by atoms with E-state index in [2.05, 4.69) is 27.5 Å². The van der Waals surface area contributed by atoms with E-state index in [1.54, 1.807) is 22.7 Å². The number of aromatic nitrogens is 1. The summed E-state index contributed by atoms with van der Waals surface area (Å²) in [6, 6.07) is 12.9. The second-order valence-electron chi connectivity index (χ2n) is 5.49. The van der Waals surface area contributed by atoms with E-state index in [4.69, 9.17) is 9.73 Å². The summed E-state index contributed by atoms with van der Waals surface area (Å²) in [5, 5.41) is 4.36. The number of hydrogen-bond acceptors (Lipinski definition) is 4. The zero-order chi connectivity index (χ0) is 15.6. The SMILES string of the molecule is CCOc1ccccc1N=c1scc(-c2cccs2)n1C1CC1. The predicted octanol–water partition coefficient (Wildman–Crippen LogP) is 5.24. The average Bonchev–Trinajstić information content (AvgIpc) is 3.10. The summed E-state index contributed by atoms with van der Waals surface area (Å²) in [6.07, 6.45) is 2.49. The quantitative estimate of drug-likeness (QED) is 0.622. The summed E-state index contributed by atoms with van der Waals surface area (Å²) in [4.78, 5) is 7.28. The Labute approximate surface area is 143 Å². The van der Waals surface area contributed by atoms with Crippen LogP contribution in [0.2, 0.25) is 0 Å². The van der Waals surface area contributed by atoms with Crippen LogP contribution in [0.5, 0.6) is 5.75 Å². The van der Waals surface area contributed by atoms with Gasteiger partial charge < -0.3 is 9.30 Å². The number of thiophene rings is 1. The molecule has 23 heavy (non-hydrogen) atoms. The van der Waals surface area contributed by atoms with Crippen molar-refractivity contribution in [1.82, 2.24) is 4.57 Å². The Balaban J connectivity index is 1.84. The molecule has 0 aliphatic heterocycles. The molecule has 2 heterocycles. The molecule has 5 heteroatoms. The minimum absolute atomic E-state index is 0.594. The molecular weight excluding hydrogens is 324 g/mol. The average molecular weight is 342 g/mol. The summed E-state index contributed by atoms with van der Waals surface area (Å²) in [5.41, 5.74) is 2.20. The first-order valence-electron chi connectivity index (χ1n) is 7.87. The van der Waals surface area contributed by atoms with Crippen LogP contribution >= 0.6 is 22.7 Å². The van der Waals surface area contributed by atoms with E-state index in [0.717, 1.165) is 16.2 Å². The number of para-hydroxylation sites is 2. The Morgan fingerprint density at radius 1 is 1.17 bits per heavy atom. The van der Waals surface area contributed by atoms with Crippen LogP contribution in [0.4, 0.5) is 5.69 Å². The Hall–Kier alpha value is -1.85. The van der Waals surface area contributed by atoms with E-state index >= 15 is 0 Å². The molecule has 0 amide bonds. The topological polar surface area (TPSA) is 26.5 Å². The van der Waals surface area contributed by atoms with Gasteiger partial charge in [0.2, 0.25) is 0 Å². The zero-order valence-corrected chi connectivity index (χ0v) is 14.6. The van der Waals surface area contributed by atoms with Gasteiger partial charge in [0, 0.05) is 11.4 Å². The van der Waals surface area contributed by atoms with Crippen molar-refractivity contribution in [2.45, 2.75) is 25.8 Å². The zero-order valence-electron chi connectivity index (χ0n) is 12.9. The van der Waals surface area contributed by atoms with Crippen LogP contribution in [0, 0.1) is 0 Å². The number of ether oxygens (including phenoxy) is 1. The van der Waals surface area contributed by atoms with Gasteiger partial charge >= 0.3 is 0 Å². The van der Waals surface area contributed by atoms with Gasteiger partial charge in [-0.3, -0.25) is 0 Å². The van der Waals surface area contributed by atoms with Crippen molar-refractivity contribution in [3.63, 3.8) is 0 Å². The first-order chi connectivity index (χ1) is 11.4. The fourth-order valence-electron chi connectivity index (χ4n) is 2.62. The molecule has 0 bridgehead atoms. The van der Waals surface area contributed by atoms with E-state index in [1.165, 1.54) is 23.4 Å². The number of nitrogens with zero attached hydrogens (tertiary/aromatic N) is 2. The molecule has 1 fully saturated rings. The highest BCUT2D eigenvalue weighted by Gasteiger charge is 2.27. The molecule has 1 saturated carbocycles. The molecule has 118 valence electrons. The smallest absolute Gasteiger partial charge is 0.190 e. The lowest BCUT2D eigenvalue weighted by Crippen LogP contribution is -2.14. The highest BCUT2D eigenvalue weighted by Crippen LogP contribution is 2.39. The molecule has 1 aliphatic rings. The van der Waals surface area contributed by atoms with E-state index in [0.29, 0.717) is 12.6 Å². The normalized spacial score (nSPS) is 15.1. The summed E-state index contributed by atoms with van der Waals surface area (Å²) in [5.74, 6) is 0.850. The number of thiazole rings is 1. The summed E-state index contributed by atoms with van der Waals surface area (Å²) < 4.78 is 8.11. The second-order valence-corrected chi connectivity index (χ2v) is 7.28. The van der Waals surface area contributed by atoms with Crippen LogP contribution < -0.4 is 9.54 Å². The van der Waals surface area contributed by atoms with Gasteiger partial charge in [0.25, 0.3) is 0 Å². The molecule has 0 atom stereocenters. The fourth-order valence-corrected chi connectivity index (χ4v) is 4.41. The van der Waals surface area contributed by atoms with Crippen molar-refractivity contribution in [3.8, 4) is 16.3 Å². The van der Waals surface area contributed by atoms with Gasteiger partial charge in [-0.05, 0) is 43.3 Å². The van der Waals surface area contributed by atoms with Gasteiger partial charge in [0.1, 0.15) is 11.4 Å². The molecule has 3 nitrogen and oxygen atoms in total. The lowest BCUT2D eigenvalue weighted by Gasteiger charge is -2.07. The summed E-state index contributed by atoms with van der Waals surface area (Å²) in [6.45, 7) is 2.65. The minimum atomic E-state index is 0.594. The maximum absolute atomic E-state index is 5.71. The van der Waals surface area contributed by atoms with Crippen molar-refractivity contribution in [1.29, 1.82) is 0 Å². The fraction of sp³-hybridized carbons (Fsp3) is 0.278. The highest BCUT2D eigenvalue weighted by atomic mass is 32.1. The number of benzene rings is 1. The van der Waals surface area contributed by atoms with Crippen LogP contribution in [0.15, 0.2) is 52.2 Å². The Morgan fingerprint density at radius 2 is 2.04 bits per heavy atom. The molecule has 1 aromatic carbocycles. The van der Waals surface area contributed by atoms with Crippen molar-refractivity contribution < 1.29 is 4.74 Å². The highest BCUT2D eigenvalue weighted by molar-refractivity contribution is 7.14. The molecule has 0 radical (unpaired) electrons.